The first-order valence-electron chi connectivity index (χ1n) is 9.08. The van der Waals surface area contributed by atoms with Gasteiger partial charge in [0.2, 0.25) is 5.91 Å². The summed E-state index contributed by atoms with van der Waals surface area (Å²) in [7, 11) is 0. The Labute approximate surface area is 164 Å². The maximum atomic E-state index is 12.8. The van der Waals surface area contributed by atoms with Crippen LogP contribution >= 0.6 is 11.8 Å². The minimum atomic E-state index is -0.512. The van der Waals surface area contributed by atoms with Crippen LogP contribution < -0.4 is 0 Å². The number of amides is 1. The molecule has 1 aromatic rings. The van der Waals surface area contributed by atoms with Crippen LogP contribution in [0, 0.1) is 5.92 Å². The third kappa shape index (κ3) is 4.16. The first-order chi connectivity index (χ1) is 12.9. The number of thioether (sulfide) groups is 1. The van der Waals surface area contributed by atoms with Crippen molar-refractivity contribution in [3.8, 4) is 0 Å². The average Bonchev–Trinajstić information content (AvgIpc) is 2.92. The quantitative estimate of drug-likeness (QED) is 0.723. The van der Waals surface area contributed by atoms with Crippen molar-refractivity contribution < 1.29 is 14.3 Å². The highest BCUT2D eigenvalue weighted by molar-refractivity contribution is 8.15. The van der Waals surface area contributed by atoms with E-state index in [4.69, 9.17) is 4.74 Å². The maximum absolute atomic E-state index is 12.8. The second-order valence-electron chi connectivity index (χ2n) is 7.07. The molecule has 0 spiro atoms. The van der Waals surface area contributed by atoms with Gasteiger partial charge in [-0.15, -0.1) is 0 Å². The lowest BCUT2D eigenvalue weighted by atomic mass is 10.00. The number of hydrogen-bond donors (Lipinski definition) is 0. The zero-order valence-corrected chi connectivity index (χ0v) is 16.8. The number of carbonyl (C=O) groups excluding carboxylic acids is 2. The molecule has 2 atom stereocenters. The average molecular weight is 385 g/mol. The Morgan fingerprint density at radius 3 is 2.70 bits per heavy atom. The smallest absolute Gasteiger partial charge is 0.338 e. The summed E-state index contributed by atoms with van der Waals surface area (Å²) in [5.41, 5.74) is 2.03. The van der Waals surface area contributed by atoms with Gasteiger partial charge in [0.25, 0.3) is 0 Å². The van der Waals surface area contributed by atoms with Gasteiger partial charge in [0, 0.05) is 0 Å². The second-order valence-corrected chi connectivity index (χ2v) is 8.38. The molecule has 0 saturated carbocycles. The predicted octanol–water partition coefficient (Wildman–Crippen LogP) is 3.88. The Hall–Kier alpha value is -2.34. The van der Waals surface area contributed by atoms with Gasteiger partial charge in [0.15, 0.2) is 5.17 Å². The molecule has 5 nitrogen and oxygen atoms in total. The third-order valence-electron chi connectivity index (χ3n) is 4.34. The predicted molar refractivity (Wildman–Crippen MR) is 109 cm³/mol. The molecular formula is C21H24N2O3S. The molecule has 1 amide bonds. The molecule has 0 radical (unpaired) electrons. The summed E-state index contributed by atoms with van der Waals surface area (Å²) >= 11 is 1.42. The zero-order chi connectivity index (χ0) is 19.6. The SMILES string of the molecule is CC1=C(C(=O)OCC(C)C)C(/C=C/c2ccccc2)N2C(=O)C(C)SC2=N1. The number of esters is 1. The van der Waals surface area contributed by atoms with E-state index in [1.807, 2.05) is 63.3 Å². The molecule has 2 aliphatic heterocycles. The Balaban J connectivity index is 1.97. The van der Waals surface area contributed by atoms with E-state index in [-0.39, 0.29) is 17.1 Å². The fraction of sp³-hybridized carbons (Fsp3) is 0.381. The Morgan fingerprint density at radius 1 is 1.33 bits per heavy atom. The van der Waals surface area contributed by atoms with Crippen molar-refractivity contribution in [3.63, 3.8) is 0 Å². The number of carbonyl (C=O) groups is 2. The van der Waals surface area contributed by atoms with E-state index in [1.165, 1.54) is 11.8 Å². The number of allylic oxidation sites excluding steroid dienone is 1. The molecule has 2 heterocycles. The number of amidine groups is 1. The van der Waals surface area contributed by atoms with Crippen LogP contribution in [0.1, 0.15) is 33.3 Å². The Kier molecular flexibility index (Phi) is 5.85. The number of rotatable bonds is 5. The molecule has 0 aliphatic carbocycles. The van der Waals surface area contributed by atoms with Gasteiger partial charge in [-0.2, -0.15) is 0 Å². The molecule has 1 saturated heterocycles. The lowest BCUT2D eigenvalue weighted by molar-refractivity contribution is -0.140. The summed E-state index contributed by atoms with van der Waals surface area (Å²) in [5.74, 6) is -0.216. The zero-order valence-electron chi connectivity index (χ0n) is 16.0. The van der Waals surface area contributed by atoms with Gasteiger partial charge < -0.3 is 4.74 Å². The van der Waals surface area contributed by atoms with E-state index >= 15 is 0 Å². The monoisotopic (exact) mass is 384 g/mol. The summed E-state index contributed by atoms with van der Waals surface area (Å²) in [4.78, 5) is 31.6. The van der Waals surface area contributed by atoms with Gasteiger partial charge >= 0.3 is 5.97 Å². The van der Waals surface area contributed by atoms with Gasteiger partial charge in [-0.3, -0.25) is 9.69 Å². The fourth-order valence-electron chi connectivity index (χ4n) is 2.98. The van der Waals surface area contributed by atoms with E-state index in [2.05, 4.69) is 4.99 Å². The highest BCUT2D eigenvalue weighted by atomic mass is 32.2. The maximum Gasteiger partial charge on any atom is 0.338 e. The van der Waals surface area contributed by atoms with E-state index in [0.717, 1.165) is 5.56 Å². The summed E-state index contributed by atoms with van der Waals surface area (Å²) in [6.45, 7) is 7.97. The highest BCUT2D eigenvalue weighted by Crippen LogP contribution is 2.36. The second kappa shape index (κ2) is 8.13. The fourth-order valence-corrected chi connectivity index (χ4v) is 4.01. The largest absolute Gasteiger partial charge is 0.462 e. The van der Waals surface area contributed by atoms with Crippen molar-refractivity contribution in [3.05, 3.63) is 53.2 Å². The van der Waals surface area contributed by atoms with Crippen LogP contribution in [0.4, 0.5) is 0 Å². The van der Waals surface area contributed by atoms with Gasteiger partial charge in [-0.05, 0) is 25.3 Å². The number of aliphatic imine (C=N–C) groups is 1. The lowest BCUT2D eigenvalue weighted by Crippen LogP contribution is -2.45. The van der Waals surface area contributed by atoms with Crippen LogP contribution in [-0.2, 0) is 14.3 Å². The van der Waals surface area contributed by atoms with E-state index in [1.54, 1.807) is 11.8 Å². The van der Waals surface area contributed by atoms with E-state index < -0.39 is 12.0 Å². The van der Waals surface area contributed by atoms with Crippen LogP contribution in [0.2, 0.25) is 0 Å². The first-order valence-corrected chi connectivity index (χ1v) is 9.96. The Bertz CT molecular complexity index is 827. The van der Waals surface area contributed by atoms with Crippen molar-refractivity contribution >= 4 is 34.9 Å². The lowest BCUT2D eigenvalue weighted by Gasteiger charge is -2.30. The highest BCUT2D eigenvalue weighted by Gasteiger charge is 2.44. The molecule has 1 fully saturated rings. The molecule has 0 aromatic heterocycles. The molecule has 3 rings (SSSR count). The van der Waals surface area contributed by atoms with Crippen molar-refractivity contribution in [2.24, 2.45) is 10.9 Å². The van der Waals surface area contributed by atoms with E-state index in [9.17, 15) is 9.59 Å². The summed E-state index contributed by atoms with van der Waals surface area (Å²) in [6.07, 6.45) is 3.81. The molecule has 27 heavy (non-hydrogen) atoms. The van der Waals surface area contributed by atoms with Crippen LogP contribution in [0.5, 0.6) is 0 Å². The van der Waals surface area contributed by atoms with Crippen molar-refractivity contribution in [1.29, 1.82) is 0 Å². The van der Waals surface area contributed by atoms with Crippen LogP contribution in [0.25, 0.3) is 6.08 Å². The van der Waals surface area contributed by atoms with E-state index in [0.29, 0.717) is 23.0 Å². The molecule has 1 aromatic carbocycles. The molecule has 0 N–H and O–H groups in total. The van der Waals surface area contributed by atoms with Crippen molar-refractivity contribution in [2.45, 2.75) is 39.0 Å². The van der Waals surface area contributed by atoms with Crippen LogP contribution in [0.3, 0.4) is 0 Å². The number of benzene rings is 1. The summed E-state index contributed by atoms with van der Waals surface area (Å²) in [6, 6.07) is 9.29. The summed E-state index contributed by atoms with van der Waals surface area (Å²) in [5, 5.41) is 0.434. The number of ether oxygens (including phenoxy) is 1. The number of hydrogen-bond acceptors (Lipinski definition) is 5. The van der Waals surface area contributed by atoms with Gasteiger partial charge in [0.05, 0.1) is 29.2 Å². The first kappa shape index (κ1) is 19.4. The standard InChI is InChI=1S/C21H24N2O3S/c1-13(2)12-26-20(25)18-14(3)22-21-23(19(24)15(4)27-21)17(18)11-10-16-8-6-5-7-9-16/h5-11,13,15,17H,12H2,1-4H3/b11-10+. The Morgan fingerprint density at radius 2 is 2.04 bits per heavy atom. The normalized spacial score (nSPS) is 22.5. The van der Waals surface area contributed by atoms with Crippen molar-refractivity contribution in [1.82, 2.24) is 4.90 Å². The van der Waals surface area contributed by atoms with Crippen LogP contribution in [0.15, 0.2) is 52.7 Å². The molecule has 2 aliphatic rings. The van der Waals surface area contributed by atoms with Crippen LogP contribution in [-0.4, -0.2) is 39.8 Å². The van der Waals surface area contributed by atoms with Gasteiger partial charge in [-0.25, -0.2) is 9.79 Å². The summed E-state index contributed by atoms with van der Waals surface area (Å²) < 4.78 is 5.46. The minimum Gasteiger partial charge on any atom is -0.462 e. The molecule has 6 heteroatoms. The minimum absolute atomic E-state index is 0.0388. The molecular weight excluding hydrogens is 360 g/mol. The number of nitrogens with zero attached hydrogens (tertiary/aromatic N) is 2. The molecule has 142 valence electrons. The van der Waals surface area contributed by atoms with Crippen molar-refractivity contribution in [2.75, 3.05) is 6.61 Å². The third-order valence-corrected chi connectivity index (χ3v) is 5.39. The number of fused-ring (bicyclic) bond motifs is 1. The van der Waals surface area contributed by atoms with Gasteiger partial charge in [-0.1, -0.05) is 68.1 Å². The molecule has 2 unspecified atom stereocenters. The molecule has 0 bridgehead atoms. The van der Waals surface area contributed by atoms with Gasteiger partial charge in [0.1, 0.15) is 0 Å². The topological polar surface area (TPSA) is 59.0 Å².